The number of ether oxygens (including phenoxy) is 1. The van der Waals surface area contributed by atoms with Gasteiger partial charge in [0.15, 0.2) is 6.10 Å². The number of likely N-dealkylation sites (N-methyl/N-ethyl adjacent to an activating group) is 1. The van der Waals surface area contributed by atoms with Gasteiger partial charge in [-0.1, -0.05) is 6.92 Å². The Morgan fingerprint density at radius 1 is 1.58 bits per heavy atom. The Kier molecular flexibility index (Phi) is 4.31. The van der Waals surface area contributed by atoms with Crippen LogP contribution >= 0.6 is 0 Å². The Bertz CT molecular complexity index is 464. The van der Waals surface area contributed by atoms with E-state index in [0.717, 1.165) is 30.3 Å². The number of morpholine rings is 1. The Balaban J connectivity index is 2.17. The summed E-state index contributed by atoms with van der Waals surface area (Å²) in [5.41, 5.74) is 1.02. The van der Waals surface area contributed by atoms with Gasteiger partial charge in [0.2, 0.25) is 0 Å². The quantitative estimate of drug-likeness (QED) is 0.850. The average molecular weight is 264 g/mol. The molecule has 1 atom stereocenters. The van der Waals surface area contributed by atoms with E-state index >= 15 is 0 Å². The molecule has 0 bridgehead atoms. The minimum atomic E-state index is -0.431. The SMILES string of the molecule is CCc1cc(N2CCOC(C(=O)NC)C2)nc(C)n1. The molecule has 19 heavy (non-hydrogen) atoms. The summed E-state index contributed by atoms with van der Waals surface area (Å²) in [4.78, 5) is 22.5. The molecule has 1 aromatic heterocycles. The van der Waals surface area contributed by atoms with Crippen LogP contribution in [0.5, 0.6) is 0 Å². The highest BCUT2D eigenvalue weighted by Crippen LogP contribution is 2.17. The van der Waals surface area contributed by atoms with Gasteiger partial charge >= 0.3 is 0 Å². The Labute approximate surface area is 113 Å². The van der Waals surface area contributed by atoms with Gasteiger partial charge < -0.3 is 15.0 Å². The number of nitrogens with zero attached hydrogens (tertiary/aromatic N) is 3. The Hall–Kier alpha value is -1.69. The molecule has 0 aromatic carbocycles. The maximum absolute atomic E-state index is 11.6. The number of nitrogens with one attached hydrogen (secondary N) is 1. The summed E-state index contributed by atoms with van der Waals surface area (Å²) in [6, 6.07) is 1.99. The number of hydrogen-bond acceptors (Lipinski definition) is 5. The van der Waals surface area contributed by atoms with Crippen molar-refractivity contribution in [2.75, 3.05) is 31.6 Å². The number of anilines is 1. The molecule has 1 aromatic rings. The smallest absolute Gasteiger partial charge is 0.250 e. The first kappa shape index (κ1) is 13.7. The normalized spacial score (nSPS) is 19.3. The maximum atomic E-state index is 11.6. The zero-order valence-electron chi connectivity index (χ0n) is 11.6. The zero-order valence-corrected chi connectivity index (χ0v) is 11.6. The van der Waals surface area contributed by atoms with Crippen molar-refractivity contribution in [3.8, 4) is 0 Å². The molecule has 2 heterocycles. The number of carbonyl (C=O) groups excluding carboxylic acids is 1. The van der Waals surface area contributed by atoms with E-state index in [-0.39, 0.29) is 5.91 Å². The van der Waals surface area contributed by atoms with Crippen molar-refractivity contribution in [1.29, 1.82) is 0 Å². The van der Waals surface area contributed by atoms with Gasteiger partial charge in [0.05, 0.1) is 13.2 Å². The minimum absolute atomic E-state index is 0.0915. The maximum Gasteiger partial charge on any atom is 0.250 e. The van der Waals surface area contributed by atoms with Crippen LogP contribution in [0.4, 0.5) is 5.82 Å². The number of aromatic nitrogens is 2. The lowest BCUT2D eigenvalue weighted by Crippen LogP contribution is -2.49. The average Bonchev–Trinajstić information content (AvgIpc) is 2.45. The molecule has 1 unspecified atom stereocenters. The summed E-state index contributed by atoms with van der Waals surface area (Å²) in [5, 5.41) is 2.62. The molecule has 2 rings (SSSR count). The molecule has 6 heteroatoms. The predicted octanol–water partition coefficient (Wildman–Crippen LogP) is 0.299. The summed E-state index contributed by atoms with van der Waals surface area (Å²) >= 11 is 0. The first-order chi connectivity index (χ1) is 9.13. The van der Waals surface area contributed by atoms with Gasteiger partial charge in [0.25, 0.3) is 5.91 Å². The molecule has 1 saturated heterocycles. The summed E-state index contributed by atoms with van der Waals surface area (Å²) in [6.45, 7) is 5.76. The predicted molar refractivity (Wildman–Crippen MR) is 72.2 cm³/mol. The third-order valence-corrected chi connectivity index (χ3v) is 3.17. The molecule has 1 aliphatic heterocycles. The second kappa shape index (κ2) is 5.97. The summed E-state index contributed by atoms with van der Waals surface area (Å²) in [7, 11) is 1.62. The highest BCUT2D eigenvalue weighted by atomic mass is 16.5. The first-order valence-corrected chi connectivity index (χ1v) is 6.56. The third kappa shape index (κ3) is 3.20. The van der Waals surface area contributed by atoms with Crippen LogP contribution in [0.3, 0.4) is 0 Å². The van der Waals surface area contributed by atoms with Crippen LogP contribution in [0.1, 0.15) is 18.4 Å². The fourth-order valence-corrected chi connectivity index (χ4v) is 2.13. The van der Waals surface area contributed by atoms with E-state index in [2.05, 4.69) is 27.1 Å². The fraction of sp³-hybridized carbons (Fsp3) is 0.615. The van der Waals surface area contributed by atoms with Crippen molar-refractivity contribution in [2.24, 2.45) is 0 Å². The molecule has 0 spiro atoms. The van der Waals surface area contributed by atoms with Gasteiger partial charge in [0.1, 0.15) is 11.6 Å². The molecule has 1 fully saturated rings. The largest absolute Gasteiger partial charge is 0.365 e. The van der Waals surface area contributed by atoms with Crippen molar-refractivity contribution in [1.82, 2.24) is 15.3 Å². The van der Waals surface area contributed by atoms with Crippen molar-refractivity contribution in [3.05, 3.63) is 17.6 Å². The molecule has 104 valence electrons. The first-order valence-electron chi connectivity index (χ1n) is 6.56. The molecule has 1 amide bonds. The monoisotopic (exact) mass is 264 g/mol. The number of hydrogen-bond donors (Lipinski definition) is 1. The van der Waals surface area contributed by atoms with E-state index in [9.17, 15) is 4.79 Å². The van der Waals surface area contributed by atoms with Gasteiger partial charge in [0, 0.05) is 25.4 Å². The lowest BCUT2D eigenvalue weighted by Gasteiger charge is -2.33. The molecule has 0 saturated carbocycles. The highest BCUT2D eigenvalue weighted by molar-refractivity contribution is 5.81. The number of amides is 1. The van der Waals surface area contributed by atoms with Crippen LogP contribution in [0.2, 0.25) is 0 Å². The molecule has 0 aliphatic carbocycles. The molecular weight excluding hydrogens is 244 g/mol. The fourth-order valence-electron chi connectivity index (χ4n) is 2.13. The van der Waals surface area contributed by atoms with Gasteiger partial charge in [-0.2, -0.15) is 0 Å². The van der Waals surface area contributed by atoms with Crippen molar-refractivity contribution >= 4 is 11.7 Å². The van der Waals surface area contributed by atoms with Crippen molar-refractivity contribution in [3.63, 3.8) is 0 Å². The summed E-state index contributed by atoms with van der Waals surface area (Å²) in [5.74, 6) is 1.55. The molecule has 1 aliphatic rings. The summed E-state index contributed by atoms with van der Waals surface area (Å²) in [6.07, 6.45) is 0.443. The summed E-state index contributed by atoms with van der Waals surface area (Å²) < 4.78 is 5.47. The van der Waals surface area contributed by atoms with Gasteiger partial charge in [-0.15, -0.1) is 0 Å². The van der Waals surface area contributed by atoms with Gasteiger partial charge in [-0.05, 0) is 13.3 Å². The van der Waals surface area contributed by atoms with Crippen molar-refractivity contribution < 1.29 is 9.53 Å². The zero-order chi connectivity index (χ0) is 13.8. The number of carbonyl (C=O) groups is 1. The Morgan fingerprint density at radius 2 is 2.37 bits per heavy atom. The number of rotatable bonds is 3. The van der Waals surface area contributed by atoms with Crippen molar-refractivity contribution in [2.45, 2.75) is 26.4 Å². The minimum Gasteiger partial charge on any atom is -0.365 e. The molecular formula is C13H20N4O2. The van der Waals surface area contributed by atoms with Crippen LogP contribution in [0, 0.1) is 6.92 Å². The van der Waals surface area contributed by atoms with Gasteiger partial charge in [-0.25, -0.2) is 9.97 Å². The number of aryl methyl sites for hydroxylation is 2. The Morgan fingerprint density at radius 3 is 3.05 bits per heavy atom. The van der Waals surface area contributed by atoms with Crippen LogP contribution in [-0.2, 0) is 16.0 Å². The van der Waals surface area contributed by atoms with Gasteiger partial charge in [-0.3, -0.25) is 4.79 Å². The van der Waals surface area contributed by atoms with E-state index in [1.54, 1.807) is 7.05 Å². The second-order valence-corrected chi connectivity index (χ2v) is 4.54. The lowest BCUT2D eigenvalue weighted by molar-refractivity contribution is -0.132. The molecule has 6 nitrogen and oxygen atoms in total. The van der Waals surface area contributed by atoms with Crippen LogP contribution in [0.25, 0.3) is 0 Å². The third-order valence-electron chi connectivity index (χ3n) is 3.17. The highest BCUT2D eigenvalue weighted by Gasteiger charge is 2.26. The molecule has 0 radical (unpaired) electrons. The van der Waals surface area contributed by atoms with Crippen LogP contribution < -0.4 is 10.2 Å². The van der Waals surface area contributed by atoms with E-state index in [1.807, 2.05) is 13.0 Å². The van der Waals surface area contributed by atoms with E-state index < -0.39 is 6.10 Å². The second-order valence-electron chi connectivity index (χ2n) is 4.54. The van der Waals surface area contributed by atoms with E-state index in [0.29, 0.717) is 13.2 Å². The van der Waals surface area contributed by atoms with Crippen LogP contribution in [-0.4, -0.2) is 48.7 Å². The lowest BCUT2D eigenvalue weighted by atomic mass is 10.2. The van der Waals surface area contributed by atoms with Crippen LogP contribution in [0.15, 0.2) is 6.07 Å². The molecule has 1 N–H and O–H groups in total. The standard InChI is InChI=1S/C13H20N4O2/c1-4-10-7-12(16-9(2)15-10)17-5-6-19-11(8-17)13(18)14-3/h7,11H,4-6,8H2,1-3H3,(H,14,18). The van der Waals surface area contributed by atoms with E-state index in [4.69, 9.17) is 4.74 Å². The topological polar surface area (TPSA) is 67.3 Å². The van der Waals surface area contributed by atoms with E-state index in [1.165, 1.54) is 0 Å².